The largest absolute Gasteiger partial charge is 0.496 e. The van der Waals surface area contributed by atoms with Gasteiger partial charge in [-0.2, -0.15) is 0 Å². The van der Waals surface area contributed by atoms with Crippen LogP contribution in [0.1, 0.15) is 15.9 Å². The van der Waals surface area contributed by atoms with Crippen LogP contribution in [0.3, 0.4) is 0 Å². The molecular formula is C17H16N2O6. The maximum Gasteiger partial charge on any atom is 0.342 e. The van der Waals surface area contributed by atoms with Crippen LogP contribution in [-0.2, 0) is 9.53 Å². The van der Waals surface area contributed by atoms with Crippen LogP contribution in [0.4, 0.5) is 11.4 Å². The molecule has 0 fully saturated rings. The number of anilines is 1. The van der Waals surface area contributed by atoms with Gasteiger partial charge in [-0.3, -0.25) is 14.9 Å². The fraction of sp³-hybridized carbons (Fsp3) is 0.176. The van der Waals surface area contributed by atoms with Crippen LogP contribution < -0.4 is 10.1 Å². The molecule has 8 heteroatoms. The summed E-state index contributed by atoms with van der Waals surface area (Å²) in [6.07, 6.45) is 0. The number of carbonyl (C=O) groups excluding carboxylic acids is 2. The minimum absolute atomic E-state index is 0.120. The number of ether oxygens (including phenoxy) is 2. The minimum atomic E-state index is -0.888. The average molecular weight is 344 g/mol. The number of non-ortho nitro benzene ring substituents is 1. The normalized spacial score (nSPS) is 10.0. The Morgan fingerprint density at radius 3 is 2.56 bits per heavy atom. The van der Waals surface area contributed by atoms with Crippen molar-refractivity contribution in [1.29, 1.82) is 0 Å². The van der Waals surface area contributed by atoms with Gasteiger partial charge in [0, 0.05) is 17.8 Å². The van der Waals surface area contributed by atoms with Crippen LogP contribution in [0.2, 0.25) is 0 Å². The molecule has 0 radical (unpaired) electrons. The Morgan fingerprint density at radius 1 is 1.20 bits per heavy atom. The molecule has 0 bridgehead atoms. The number of nitrogens with zero attached hydrogens (tertiary/aromatic N) is 1. The van der Waals surface area contributed by atoms with Gasteiger partial charge >= 0.3 is 5.97 Å². The predicted molar refractivity (Wildman–Crippen MR) is 89.7 cm³/mol. The SMILES string of the molecule is COc1ccc([N+](=O)[O-])cc1C(=O)OCC(=O)Nc1ccccc1C. The first-order chi connectivity index (χ1) is 11.9. The molecule has 25 heavy (non-hydrogen) atoms. The molecular weight excluding hydrogens is 328 g/mol. The van der Waals surface area contributed by atoms with Crippen LogP contribution in [0.5, 0.6) is 5.75 Å². The number of amides is 1. The van der Waals surface area contributed by atoms with Crippen LogP contribution >= 0.6 is 0 Å². The molecule has 0 heterocycles. The van der Waals surface area contributed by atoms with Gasteiger partial charge in [-0.05, 0) is 24.6 Å². The van der Waals surface area contributed by atoms with Crippen molar-refractivity contribution in [3.63, 3.8) is 0 Å². The number of benzene rings is 2. The fourth-order valence-corrected chi connectivity index (χ4v) is 2.08. The van der Waals surface area contributed by atoms with Crippen molar-refractivity contribution < 1.29 is 24.0 Å². The van der Waals surface area contributed by atoms with E-state index in [1.807, 2.05) is 19.1 Å². The van der Waals surface area contributed by atoms with E-state index in [2.05, 4.69) is 5.32 Å². The maximum absolute atomic E-state index is 12.1. The first-order valence-electron chi connectivity index (χ1n) is 7.27. The number of nitro benzene ring substituents is 1. The molecule has 0 aliphatic carbocycles. The third-order valence-electron chi connectivity index (χ3n) is 3.37. The van der Waals surface area contributed by atoms with Crippen molar-refractivity contribution >= 4 is 23.3 Å². The van der Waals surface area contributed by atoms with Crippen LogP contribution in [-0.4, -0.2) is 30.5 Å². The van der Waals surface area contributed by atoms with Gasteiger partial charge in [-0.1, -0.05) is 18.2 Å². The van der Waals surface area contributed by atoms with Gasteiger partial charge in [0.15, 0.2) is 6.61 Å². The molecule has 130 valence electrons. The summed E-state index contributed by atoms with van der Waals surface area (Å²) in [5.41, 5.74) is 1.07. The number of aryl methyl sites for hydroxylation is 1. The van der Waals surface area contributed by atoms with E-state index in [9.17, 15) is 19.7 Å². The van der Waals surface area contributed by atoms with E-state index in [0.717, 1.165) is 11.6 Å². The number of hydrogen-bond donors (Lipinski definition) is 1. The first kappa shape index (κ1) is 17.9. The molecule has 8 nitrogen and oxygen atoms in total. The third kappa shape index (κ3) is 4.54. The zero-order valence-electron chi connectivity index (χ0n) is 13.6. The molecule has 0 aliphatic heterocycles. The highest BCUT2D eigenvalue weighted by molar-refractivity contribution is 5.97. The molecule has 0 aliphatic rings. The van der Waals surface area contributed by atoms with Crippen LogP contribution in [0, 0.1) is 17.0 Å². The fourth-order valence-electron chi connectivity index (χ4n) is 2.08. The Morgan fingerprint density at radius 2 is 1.92 bits per heavy atom. The Labute approximate surface area is 143 Å². The quantitative estimate of drug-likeness (QED) is 0.490. The van der Waals surface area contributed by atoms with Crippen LogP contribution in [0.15, 0.2) is 42.5 Å². The molecule has 2 aromatic rings. The summed E-state index contributed by atoms with van der Waals surface area (Å²) in [4.78, 5) is 34.2. The average Bonchev–Trinajstić information content (AvgIpc) is 2.61. The molecule has 0 saturated carbocycles. The second-order valence-corrected chi connectivity index (χ2v) is 5.08. The monoisotopic (exact) mass is 344 g/mol. The summed E-state index contributed by atoms with van der Waals surface area (Å²) in [5, 5.41) is 13.4. The van der Waals surface area contributed by atoms with Gasteiger partial charge < -0.3 is 14.8 Å². The summed E-state index contributed by atoms with van der Waals surface area (Å²) in [7, 11) is 1.32. The Hall–Kier alpha value is -3.42. The van der Waals surface area contributed by atoms with Crippen molar-refractivity contribution in [2.75, 3.05) is 19.0 Å². The number of para-hydroxylation sites is 1. The summed E-state index contributed by atoms with van der Waals surface area (Å²) in [5.74, 6) is -1.29. The Balaban J connectivity index is 2.04. The number of nitrogens with one attached hydrogen (secondary N) is 1. The van der Waals surface area contributed by atoms with Gasteiger partial charge in [0.05, 0.1) is 12.0 Å². The number of methoxy groups -OCH3 is 1. The van der Waals surface area contributed by atoms with E-state index < -0.39 is 23.4 Å². The second kappa shape index (κ2) is 7.91. The molecule has 0 unspecified atom stereocenters. The number of hydrogen-bond acceptors (Lipinski definition) is 6. The molecule has 1 N–H and O–H groups in total. The summed E-state index contributed by atoms with van der Waals surface area (Å²) < 4.78 is 9.92. The lowest BCUT2D eigenvalue weighted by atomic mass is 10.2. The highest BCUT2D eigenvalue weighted by Gasteiger charge is 2.19. The minimum Gasteiger partial charge on any atom is -0.496 e. The van der Waals surface area contributed by atoms with Gasteiger partial charge in [0.25, 0.3) is 11.6 Å². The van der Waals surface area contributed by atoms with Gasteiger partial charge in [0.1, 0.15) is 11.3 Å². The van der Waals surface area contributed by atoms with E-state index in [1.54, 1.807) is 12.1 Å². The summed E-state index contributed by atoms with van der Waals surface area (Å²) >= 11 is 0. The van der Waals surface area contributed by atoms with E-state index in [-0.39, 0.29) is 17.0 Å². The molecule has 0 aromatic heterocycles. The summed E-state index contributed by atoms with van der Waals surface area (Å²) in [6.45, 7) is 1.30. The molecule has 2 aromatic carbocycles. The van der Waals surface area contributed by atoms with Gasteiger partial charge in [0.2, 0.25) is 0 Å². The second-order valence-electron chi connectivity index (χ2n) is 5.08. The maximum atomic E-state index is 12.1. The van der Waals surface area contributed by atoms with Crippen molar-refractivity contribution in [3.8, 4) is 5.75 Å². The topological polar surface area (TPSA) is 108 Å². The van der Waals surface area contributed by atoms with Crippen molar-refractivity contribution in [2.45, 2.75) is 6.92 Å². The van der Waals surface area contributed by atoms with Gasteiger partial charge in [-0.25, -0.2) is 4.79 Å². The Bertz CT molecular complexity index is 819. The lowest BCUT2D eigenvalue weighted by Crippen LogP contribution is -2.21. The Kier molecular flexibility index (Phi) is 5.67. The van der Waals surface area contributed by atoms with Crippen LogP contribution in [0.25, 0.3) is 0 Å². The number of nitro groups is 1. The number of esters is 1. The van der Waals surface area contributed by atoms with E-state index >= 15 is 0 Å². The van der Waals surface area contributed by atoms with Crippen molar-refractivity contribution in [1.82, 2.24) is 0 Å². The van der Waals surface area contributed by atoms with Crippen molar-refractivity contribution in [2.24, 2.45) is 0 Å². The molecule has 0 saturated heterocycles. The molecule has 1 amide bonds. The lowest BCUT2D eigenvalue weighted by molar-refractivity contribution is -0.384. The molecule has 2 rings (SSSR count). The zero-order valence-corrected chi connectivity index (χ0v) is 13.6. The van der Waals surface area contributed by atoms with E-state index in [1.165, 1.54) is 19.2 Å². The highest BCUT2D eigenvalue weighted by atomic mass is 16.6. The highest BCUT2D eigenvalue weighted by Crippen LogP contribution is 2.24. The van der Waals surface area contributed by atoms with Crippen molar-refractivity contribution in [3.05, 3.63) is 63.7 Å². The van der Waals surface area contributed by atoms with E-state index in [0.29, 0.717) is 5.69 Å². The number of carbonyl (C=O) groups is 2. The molecule has 0 spiro atoms. The lowest BCUT2D eigenvalue weighted by Gasteiger charge is -2.10. The van der Waals surface area contributed by atoms with E-state index in [4.69, 9.17) is 9.47 Å². The number of rotatable bonds is 6. The summed E-state index contributed by atoms with van der Waals surface area (Å²) in [6, 6.07) is 10.7. The van der Waals surface area contributed by atoms with Gasteiger partial charge in [-0.15, -0.1) is 0 Å². The standard InChI is InChI=1S/C17H16N2O6/c1-11-5-3-4-6-14(11)18-16(20)10-25-17(21)13-9-12(19(22)23)7-8-15(13)24-2/h3-9H,10H2,1-2H3,(H,18,20). The first-order valence-corrected chi connectivity index (χ1v) is 7.27. The predicted octanol–water partition coefficient (Wildman–Crippen LogP) is 2.71. The smallest absolute Gasteiger partial charge is 0.342 e. The molecule has 0 atom stereocenters. The third-order valence-corrected chi connectivity index (χ3v) is 3.37. The zero-order chi connectivity index (χ0) is 18.4.